The van der Waals surface area contributed by atoms with E-state index in [1.54, 1.807) is 0 Å². The predicted molar refractivity (Wildman–Crippen MR) is 72.3 cm³/mol. The quantitative estimate of drug-likeness (QED) is 0.658. The van der Waals surface area contributed by atoms with Crippen LogP contribution in [0.1, 0.15) is 30.0 Å². The largest absolute Gasteiger partial charge is 0.361 e. The van der Waals surface area contributed by atoms with Gasteiger partial charge in [-0.15, -0.1) is 0 Å². The van der Waals surface area contributed by atoms with Crippen LogP contribution in [0.15, 0.2) is 36.7 Å². The summed E-state index contributed by atoms with van der Waals surface area (Å²) in [5.74, 6) is 0.951. The summed E-state index contributed by atoms with van der Waals surface area (Å²) in [6.07, 6.45) is 4.64. The fraction of sp³-hybridized carbons (Fsp3) is 0.214. The maximum Gasteiger partial charge on any atom is 0.110 e. The smallest absolute Gasteiger partial charge is 0.110 e. The first-order valence-corrected chi connectivity index (χ1v) is 6.08. The van der Waals surface area contributed by atoms with Crippen molar-refractivity contribution in [2.24, 2.45) is 5.73 Å². The van der Waals surface area contributed by atoms with Crippen molar-refractivity contribution < 1.29 is 0 Å². The van der Waals surface area contributed by atoms with Crippen molar-refractivity contribution in [1.29, 1.82) is 0 Å². The summed E-state index contributed by atoms with van der Waals surface area (Å²) in [4.78, 5) is 10.9. The zero-order chi connectivity index (χ0) is 12.5. The molecule has 4 nitrogen and oxygen atoms in total. The number of aromatic amines is 2. The second-order valence-electron chi connectivity index (χ2n) is 4.61. The lowest BCUT2D eigenvalue weighted by atomic mass is 10.1. The maximum absolute atomic E-state index is 5.81. The van der Waals surface area contributed by atoms with E-state index < -0.39 is 0 Å². The summed E-state index contributed by atoms with van der Waals surface area (Å²) < 4.78 is 0. The Hall–Kier alpha value is -2.07. The van der Waals surface area contributed by atoms with Gasteiger partial charge in [0.05, 0.1) is 5.69 Å². The van der Waals surface area contributed by atoms with Crippen molar-refractivity contribution >= 4 is 10.9 Å². The van der Waals surface area contributed by atoms with Gasteiger partial charge < -0.3 is 15.7 Å². The molecule has 2 aromatic heterocycles. The van der Waals surface area contributed by atoms with Gasteiger partial charge in [0.25, 0.3) is 0 Å². The minimum absolute atomic E-state index is 0.00535. The molecule has 0 unspecified atom stereocenters. The minimum atomic E-state index is -0.00535. The first kappa shape index (κ1) is 11.0. The van der Waals surface area contributed by atoms with Gasteiger partial charge in [-0.3, -0.25) is 0 Å². The lowest BCUT2D eigenvalue weighted by Crippen LogP contribution is -2.05. The Morgan fingerprint density at radius 2 is 2.17 bits per heavy atom. The van der Waals surface area contributed by atoms with Crippen LogP contribution in [0.2, 0.25) is 0 Å². The van der Waals surface area contributed by atoms with Crippen molar-refractivity contribution in [3.63, 3.8) is 0 Å². The summed E-state index contributed by atoms with van der Waals surface area (Å²) >= 11 is 0. The molecule has 3 rings (SSSR count). The summed E-state index contributed by atoms with van der Waals surface area (Å²) in [5, 5.41) is 1.25. The number of hydrogen-bond donors (Lipinski definition) is 3. The molecule has 0 bridgehead atoms. The molecule has 4 N–H and O–H groups in total. The molecule has 0 aliphatic carbocycles. The van der Waals surface area contributed by atoms with Gasteiger partial charge in [-0.25, -0.2) is 4.98 Å². The molecule has 2 heterocycles. The van der Waals surface area contributed by atoms with Gasteiger partial charge in [-0.1, -0.05) is 18.2 Å². The number of rotatable bonds is 3. The third kappa shape index (κ3) is 1.91. The molecule has 1 aromatic carbocycles. The fourth-order valence-corrected chi connectivity index (χ4v) is 2.16. The molecular formula is C14H16N4. The summed E-state index contributed by atoms with van der Waals surface area (Å²) in [6, 6.07) is 8.28. The second kappa shape index (κ2) is 4.31. The molecule has 4 heteroatoms. The topological polar surface area (TPSA) is 70.5 Å². The van der Waals surface area contributed by atoms with Crippen LogP contribution in [-0.4, -0.2) is 15.0 Å². The number of nitrogens with one attached hydrogen (secondary N) is 2. The normalized spacial score (nSPS) is 13.0. The van der Waals surface area contributed by atoms with Crippen molar-refractivity contribution in [3.05, 3.63) is 53.7 Å². The van der Waals surface area contributed by atoms with Crippen LogP contribution in [0.3, 0.4) is 0 Å². The molecule has 0 amide bonds. The SMILES string of the molecule is C[C@H](N)c1cnc(Cc2c[nH]c3ccccc23)[nH]1. The van der Waals surface area contributed by atoms with Gasteiger partial charge in [-0.2, -0.15) is 0 Å². The Morgan fingerprint density at radius 1 is 1.33 bits per heavy atom. The van der Waals surface area contributed by atoms with Gasteiger partial charge in [-0.05, 0) is 18.6 Å². The predicted octanol–water partition coefficient (Wildman–Crippen LogP) is 2.50. The van der Waals surface area contributed by atoms with Crippen LogP contribution < -0.4 is 5.73 Å². The molecule has 0 radical (unpaired) electrons. The van der Waals surface area contributed by atoms with E-state index in [9.17, 15) is 0 Å². The Labute approximate surface area is 105 Å². The summed E-state index contributed by atoms with van der Waals surface area (Å²) in [5.41, 5.74) is 9.20. The lowest BCUT2D eigenvalue weighted by molar-refractivity contribution is 0.784. The van der Waals surface area contributed by atoms with Gasteiger partial charge in [0.2, 0.25) is 0 Å². The Bertz CT molecular complexity index is 663. The molecule has 0 aliphatic heterocycles. The number of H-pyrrole nitrogens is 2. The Kier molecular flexibility index (Phi) is 2.64. The highest BCUT2D eigenvalue weighted by Crippen LogP contribution is 2.20. The fourth-order valence-electron chi connectivity index (χ4n) is 2.16. The standard InChI is InChI=1S/C14H16N4/c1-9(15)13-8-17-14(18-13)6-10-7-16-12-5-3-2-4-11(10)12/h2-5,7-9,16H,6,15H2,1H3,(H,17,18)/t9-/m0/s1. The van der Waals surface area contributed by atoms with Gasteiger partial charge >= 0.3 is 0 Å². The van der Waals surface area contributed by atoms with Crippen LogP contribution in [0, 0.1) is 0 Å². The maximum atomic E-state index is 5.81. The van der Waals surface area contributed by atoms with E-state index in [4.69, 9.17) is 5.73 Å². The van der Waals surface area contributed by atoms with E-state index >= 15 is 0 Å². The number of fused-ring (bicyclic) bond motifs is 1. The third-order valence-corrected chi connectivity index (χ3v) is 3.17. The van der Waals surface area contributed by atoms with E-state index in [1.165, 1.54) is 10.9 Å². The van der Waals surface area contributed by atoms with Crippen molar-refractivity contribution in [2.75, 3.05) is 0 Å². The monoisotopic (exact) mass is 240 g/mol. The number of nitrogens with zero attached hydrogens (tertiary/aromatic N) is 1. The van der Waals surface area contributed by atoms with E-state index in [1.807, 2.05) is 25.4 Å². The molecule has 0 saturated heterocycles. The van der Waals surface area contributed by atoms with Gasteiger partial charge in [0.15, 0.2) is 0 Å². The van der Waals surface area contributed by atoms with E-state index in [0.717, 1.165) is 23.5 Å². The lowest BCUT2D eigenvalue weighted by Gasteiger charge is -1.99. The number of benzene rings is 1. The number of aromatic nitrogens is 3. The first-order chi connectivity index (χ1) is 8.74. The van der Waals surface area contributed by atoms with E-state index in [2.05, 4.69) is 33.2 Å². The van der Waals surface area contributed by atoms with Crippen LogP contribution >= 0.6 is 0 Å². The van der Waals surface area contributed by atoms with Crippen LogP contribution in [-0.2, 0) is 6.42 Å². The van der Waals surface area contributed by atoms with Crippen LogP contribution in [0.25, 0.3) is 10.9 Å². The minimum Gasteiger partial charge on any atom is -0.361 e. The molecule has 18 heavy (non-hydrogen) atoms. The highest BCUT2D eigenvalue weighted by molar-refractivity contribution is 5.83. The number of para-hydroxylation sites is 1. The second-order valence-corrected chi connectivity index (χ2v) is 4.61. The Balaban J connectivity index is 1.91. The van der Waals surface area contributed by atoms with Crippen molar-refractivity contribution in [3.8, 4) is 0 Å². The van der Waals surface area contributed by atoms with Crippen molar-refractivity contribution in [1.82, 2.24) is 15.0 Å². The average Bonchev–Trinajstić information content (AvgIpc) is 2.98. The zero-order valence-corrected chi connectivity index (χ0v) is 10.3. The van der Waals surface area contributed by atoms with Gasteiger partial charge in [0, 0.05) is 35.8 Å². The molecule has 0 fully saturated rings. The molecule has 0 aliphatic rings. The molecule has 92 valence electrons. The van der Waals surface area contributed by atoms with Crippen LogP contribution in [0.4, 0.5) is 0 Å². The average molecular weight is 240 g/mol. The zero-order valence-electron chi connectivity index (χ0n) is 10.3. The molecule has 0 spiro atoms. The molecular weight excluding hydrogens is 224 g/mol. The summed E-state index contributed by atoms with van der Waals surface area (Å²) in [6.45, 7) is 1.95. The first-order valence-electron chi connectivity index (χ1n) is 6.08. The van der Waals surface area contributed by atoms with Gasteiger partial charge in [0.1, 0.15) is 5.82 Å². The Morgan fingerprint density at radius 3 is 2.94 bits per heavy atom. The van der Waals surface area contributed by atoms with E-state index in [-0.39, 0.29) is 6.04 Å². The van der Waals surface area contributed by atoms with Crippen molar-refractivity contribution in [2.45, 2.75) is 19.4 Å². The molecule has 3 aromatic rings. The molecule has 0 saturated carbocycles. The summed E-state index contributed by atoms with van der Waals surface area (Å²) in [7, 11) is 0. The van der Waals surface area contributed by atoms with Crippen LogP contribution in [0.5, 0.6) is 0 Å². The highest BCUT2D eigenvalue weighted by Gasteiger charge is 2.08. The number of hydrogen-bond acceptors (Lipinski definition) is 2. The number of imidazole rings is 1. The third-order valence-electron chi connectivity index (χ3n) is 3.17. The van der Waals surface area contributed by atoms with E-state index in [0.29, 0.717) is 0 Å². The molecule has 1 atom stereocenters. The number of nitrogens with two attached hydrogens (primary N) is 1. The highest BCUT2D eigenvalue weighted by atomic mass is 14.9.